The minimum atomic E-state index is -0.285. The summed E-state index contributed by atoms with van der Waals surface area (Å²) < 4.78 is 10.00. The molecule has 1 aliphatic heterocycles. The molecule has 1 saturated heterocycles. The summed E-state index contributed by atoms with van der Waals surface area (Å²) in [7, 11) is 1.61. The lowest BCUT2D eigenvalue weighted by atomic mass is 10.2. The normalized spacial score (nSPS) is 20.3. The molecule has 1 amide bonds. The van der Waals surface area contributed by atoms with Gasteiger partial charge in [-0.2, -0.15) is 0 Å². The SMILES string of the molecule is COc1ccc(N2C(=O)OCC2C)cc1. The topological polar surface area (TPSA) is 38.8 Å². The lowest BCUT2D eigenvalue weighted by Crippen LogP contribution is -2.30. The number of amides is 1. The Hall–Kier alpha value is -1.71. The minimum Gasteiger partial charge on any atom is -0.497 e. The lowest BCUT2D eigenvalue weighted by Gasteiger charge is -2.17. The van der Waals surface area contributed by atoms with E-state index in [1.54, 1.807) is 12.0 Å². The summed E-state index contributed by atoms with van der Waals surface area (Å²) in [6.07, 6.45) is -0.285. The van der Waals surface area contributed by atoms with Crippen LogP contribution in [0.5, 0.6) is 5.75 Å². The number of carbonyl (C=O) groups excluding carboxylic acids is 1. The molecule has 0 aliphatic carbocycles. The van der Waals surface area contributed by atoms with Crippen molar-refractivity contribution in [3.05, 3.63) is 24.3 Å². The Bertz CT molecular complexity index is 361. The molecule has 4 heteroatoms. The van der Waals surface area contributed by atoms with Gasteiger partial charge in [-0.15, -0.1) is 0 Å². The Balaban J connectivity index is 2.25. The maximum Gasteiger partial charge on any atom is 0.414 e. The molecule has 0 saturated carbocycles. The van der Waals surface area contributed by atoms with Gasteiger partial charge in [0.15, 0.2) is 0 Å². The molecule has 80 valence electrons. The Morgan fingerprint density at radius 2 is 2.07 bits per heavy atom. The second kappa shape index (κ2) is 3.81. The van der Waals surface area contributed by atoms with Crippen molar-refractivity contribution in [1.82, 2.24) is 0 Å². The van der Waals surface area contributed by atoms with E-state index in [0.29, 0.717) is 6.61 Å². The molecular weight excluding hydrogens is 194 g/mol. The number of hydrogen-bond acceptors (Lipinski definition) is 3. The second-order valence-electron chi connectivity index (χ2n) is 3.49. The third-order valence-corrected chi connectivity index (χ3v) is 2.44. The highest BCUT2D eigenvalue weighted by Gasteiger charge is 2.30. The Morgan fingerprint density at radius 1 is 1.40 bits per heavy atom. The van der Waals surface area contributed by atoms with Gasteiger partial charge in [-0.3, -0.25) is 4.90 Å². The van der Waals surface area contributed by atoms with Crippen LogP contribution in [0.2, 0.25) is 0 Å². The number of methoxy groups -OCH3 is 1. The van der Waals surface area contributed by atoms with Crippen molar-refractivity contribution in [3.63, 3.8) is 0 Å². The number of anilines is 1. The fraction of sp³-hybridized carbons (Fsp3) is 0.364. The summed E-state index contributed by atoms with van der Waals surface area (Å²) in [5, 5.41) is 0. The van der Waals surface area contributed by atoms with E-state index in [2.05, 4.69) is 0 Å². The zero-order valence-electron chi connectivity index (χ0n) is 8.77. The Labute approximate surface area is 88.4 Å². The van der Waals surface area contributed by atoms with Crippen LogP contribution in [0.1, 0.15) is 6.92 Å². The van der Waals surface area contributed by atoms with Gasteiger partial charge >= 0.3 is 6.09 Å². The largest absolute Gasteiger partial charge is 0.497 e. The first-order valence-electron chi connectivity index (χ1n) is 4.82. The van der Waals surface area contributed by atoms with Crippen molar-refractivity contribution in [2.75, 3.05) is 18.6 Å². The van der Waals surface area contributed by atoms with Crippen LogP contribution in [-0.2, 0) is 4.74 Å². The van der Waals surface area contributed by atoms with E-state index in [-0.39, 0.29) is 12.1 Å². The van der Waals surface area contributed by atoms with E-state index in [1.165, 1.54) is 0 Å². The van der Waals surface area contributed by atoms with Crippen molar-refractivity contribution in [3.8, 4) is 5.75 Å². The lowest BCUT2D eigenvalue weighted by molar-refractivity contribution is 0.179. The molecule has 1 aromatic rings. The van der Waals surface area contributed by atoms with Crippen LogP contribution in [0.25, 0.3) is 0 Å². The van der Waals surface area contributed by atoms with E-state index in [1.807, 2.05) is 31.2 Å². The van der Waals surface area contributed by atoms with E-state index < -0.39 is 0 Å². The predicted octanol–water partition coefficient (Wildman–Crippen LogP) is 2.04. The van der Waals surface area contributed by atoms with E-state index in [4.69, 9.17) is 9.47 Å². The van der Waals surface area contributed by atoms with Gasteiger partial charge < -0.3 is 9.47 Å². The van der Waals surface area contributed by atoms with Crippen LogP contribution in [0.15, 0.2) is 24.3 Å². The molecule has 0 aromatic heterocycles. The summed E-state index contributed by atoms with van der Waals surface area (Å²) in [5.74, 6) is 0.777. The molecule has 1 aliphatic rings. The number of cyclic esters (lactones) is 1. The van der Waals surface area contributed by atoms with Gasteiger partial charge in [0.05, 0.1) is 13.2 Å². The zero-order valence-corrected chi connectivity index (χ0v) is 8.77. The molecule has 0 radical (unpaired) electrons. The molecule has 0 N–H and O–H groups in total. The maximum absolute atomic E-state index is 11.4. The van der Waals surface area contributed by atoms with Crippen LogP contribution in [0.4, 0.5) is 10.5 Å². The number of nitrogens with zero attached hydrogens (tertiary/aromatic N) is 1. The van der Waals surface area contributed by atoms with Gasteiger partial charge in [0, 0.05) is 5.69 Å². The highest BCUT2D eigenvalue weighted by atomic mass is 16.6. The maximum atomic E-state index is 11.4. The summed E-state index contributed by atoms with van der Waals surface area (Å²) >= 11 is 0. The number of carbonyl (C=O) groups is 1. The number of benzene rings is 1. The molecule has 0 spiro atoms. The van der Waals surface area contributed by atoms with Crippen LogP contribution in [0.3, 0.4) is 0 Å². The van der Waals surface area contributed by atoms with Crippen LogP contribution >= 0.6 is 0 Å². The number of hydrogen-bond donors (Lipinski definition) is 0. The van der Waals surface area contributed by atoms with Crippen molar-refractivity contribution < 1.29 is 14.3 Å². The molecule has 1 aromatic carbocycles. The Kier molecular flexibility index (Phi) is 2.49. The van der Waals surface area contributed by atoms with Gasteiger partial charge in [-0.1, -0.05) is 0 Å². The third-order valence-electron chi connectivity index (χ3n) is 2.44. The summed E-state index contributed by atoms with van der Waals surface area (Å²) in [6, 6.07) is 7.44. The average molecular weight is 207 g/mol. The van der Waals surface area contributed by atoms with Gasteiger partial charge in [-0.05, 0) is 31.2 Å². The molecule has 15 heavy (non-hydrogen) atoms. The second-order valence-corrected chi connectivity index (χ2v) is 3.49. The predicted molar refractivity (Wildman–Crippen MR) is 56.3 cm³/mol. The van der Waals surface area contributed by atoms with Crippen LogP contribution in [0, 0.1) is 0 Å². The fourth-order valence-corrected chi connectivity index (χ4v) is 1.62. The molecule has 1 heterocycles. The van der Waals surface area contributed by atoms with Crippen LogP contribution < -0.4 is 9.64 Å². The third kappa shape index (κ3) is 1.75. The molecular formula is C11H13NO3. The number of ether oxygens (including phenoxy) is 2. The highest BCUT2D eigenvalue weighted by molar-refractivity contribution is 5.90. The zero-order chi connectivity index (χ0) is 10.8. The first kappa shape index (κ1) is 9.83. The van der Waals surface area contributed by atoms with E-state index in [9.17, 15) is 4.79 Å². The first-order valence-corrected chi connectivity index (χ1v) is 4.82. The molecule has 1 atom stereocenters. The quantitative estimate of drug-likeness (QED) is 0.744. The molecule has 0 bridgehead atoms. The van der Waals surface area contributed by atoms with E-state index >= 15 is 0 Å². The van der Waals surface area contributed by atoms with Crippen molar-refractivity contribution in [2.24, 2.45) is 0 Å². The monoisotopic (exact) mass is 207 g/mol. The van der Waals surface area contributed by atoms with Crippen molar-refractivity contribution >= 4 is 11.8 Å². The van der Waals surface area contributed by atoms with Crippen LogP contribution in [-0.4, -0.2) is 25.9 Å². The van der Waals surface area contributed by atoms with Gasteiger partial charge in [0.1, 0.15) is 12.4 Å². The van der Waals surface area contributed by atoms with Crippen molar-refractivity contribution in [1.29, 1.82) is 0 Å². The molecule has 2 rings (SSSR count). The van der Waals surface area contributed by atoms with Gasteiger partial charge in [0.25, 0.3) is 0 Å². The molecule has 4 nitrogen and oxygen atoms in total. The van der Waals surface area contributed by atoms with Gasteiger partial charge in [0.2, 0.25) is 0 Å². The average Bonchev–Trinajstić information content (AvgIpc) is 2.59. The molecule has 1 unspecified atom stereocenters. The fourth-order valence-electron chi connectivity index (χ4n) is 1.62. The van der Waals surface area contributed by atoms with Gasteiger partial charge in [-0.25, -0.2) is 4.79 Å². The summed E-state index contributed by atoms with van der Waals surface area (Å²) in [5.41, 5.74) is 0.839. The summed E-state index contributed by atoms with van der Waals surface area (Å²) in [4.78, 5) is 13.1. The summed E-state index contributed by atoms with van der Waals surface area (Å²) in [6.45, 7) is 2.40. The standard InChI is InChI=1S/C11H13NO3/c1-8-7-15-11(13)12(8)9-3-5-10(14-2)6-4-9/h3-6,8H,7H2,1-2H3. The first-order chi connectivity index (χ1) is 7.22. The van der Waals surface area contributed by atoms with Crippen molar-refractivity contribution in [2.45, 2.75) is 13.0 Å². The Morgan fingerprint density at radius 3 is 2.53 bits per heavy atom. The molecule has 1 fully saturated rings. The number of rotatable bonds is 2. The minimum absolute atomic E-state index is 0.0888. The highest BCUT2D eigenvalue weighted by Crippen LogP contribution is 2.24. The van der Waals surface area contributed by atoms with E-state index in [0.717, 1.165) is 11.4 Å². The smallest absolute Gasteiger partial charge is 0.414 e.